The highest BCUT2D eigenvalue weighted by Crippen LogP contribution is 2.19. The molecule has 0 amide bonds. The summed E-state index contributed by atoms with van der Waals surface area (Å²) in [5.74, 6) is 1.87. The summed E-state index contributed by atoms with van der Waals surface area (Å²) in [6.45, 7) is 6.01. The first-order valence-electron chi connectivity index (χ1n) is 5.73. The quantitative estimate of drug-likeness (QED) is 0.746. The van der Waals surface area contributed by atoms with Crippen molar-refractivity contribution in [1.29, 1.82) is 0 Å². The highest BCUT2D eigenvalue weighted by Gasteiger charge is 2.12. The number of Topliss-reactive ketones (excluding diaryl/α,β-unsaturated/α-hetero) is 1. The maximum absolute atomic E-state index is 11.7. The van der Waals surface area contributed by atoms with Gasteiger partial charge in [0.15, 0.2) is 5.78 Å². The molecule has 0 fully saturated rings. The van der Waals surface area contributed by atoms with Gasteiger partial charge < -0.3 is 4.74 Å². The summed E-state index contributed by atoms with van der Waals surface area (Å²) >= 11 is 1.69. The summed E-state index contributed by atoms with van der Waals surface area (Å²) < 4.78 is 5.70. The van der Waals surface area contributed by atoms with E-state index in [1.54, 1.807) is 11.8 Å². The lowest BCUT2D eigenvalue weighted by molar-refractivity contribution is 0.0989. The van der Waals surface area contributed by atoms with Crippen LogP contribution in [0.1, 0.15) is 37.6 Å². The van der Waals surface area contributed by atoms with E-state index in [0.29, 0.717) is 6.42 Å². The molecule has 0 aliphatic carbocycles. The second kappa shape index (κ2) is 6.10. The number of rotatable bonds is 5. The molecular formula is C14H20O2S. The van der Waals surface area contributed by atoms with E-state index in [0.717, 1.165) is 17.1 Å². The van der Waals surface area contributed by atoms with Crippen LogP contribution in [0.2, 0.25) is 0 Å². The molecule has 2 nitrogen and oxygen atoms in total. The maximum Gasteiger partial charge on any atom is 0.163 e. The Kier molecular flexibility index (Phi) is 5.06. The fraction of sp³-hybridized carbons (Fsp3) is 0.500. The Bertz CT molecular complexity index is 363. The first-order chi connectivity index (χ1) is 7.92. The van der Waals surface area contributed by atoms with E-state index < -0.39 is 0 Å². The SMILES string of the molecule is CSCCC(=O)c1ccc(OC(C)(C)C)cc1. The molecule has 0 radical (unpaired) electrons. The standard InChI is InChI=1S/C14H20O2S/c1-14(2,3)16-12-7-5-11(6-8-12)13(15)9-10-17-4/h5-8H,9-10H2,1-4H3. The summed E-state index contributed by atoms with van der Waals surface area (Å²) in [6, 6.07) is 7.39. The minimum Gasteiger partial charge on any atom is -0.488 e. The molecule has 1 aromatic carbocycles. The van der Waals surface area contributed by atoms with Gasteiger partial charge in [-0.3, -0.25) is 4.79 Å². The van der Waals surface area contributed by atoms with E-state index in [1.165, 1.54) is 0 Å². The lowest BCUT2D eigenvalue weighted by atomic mass is 10.1. The maximum atomic E-state index is 11.7. The highest BCUT2D eigenvalue weighted by molar-refractivity contribution is 7.98. The molecule has 17 heavy (non-hydrogen) atoms. The van der Waals surface area contributed by atoms with Gasteiger partial charge in [0.05, 0.1) is 0 Å². The summed E-state index contributed by atoms with van der Waals surface area (Å²) in [4.78, 5) is 11.7. The molecule has 0 aliphatic heterocycles. The van der Waals surface area contributed by atoms with Crippen LogP contribution >= 0.6 is 11.8 Å². The molecule has 1 aromatic rings. The Morgan fingerprint density at radius 3 is 2.29 bits per heavy atom. The third kappa shape index (κ3) is 5.26. The number of ketones is 1. The van der Waals surface area contributed by atoms with Gasteiger partial charge >= 0.3 is 0 Å². The van der Waals surface area contributed by atoms with Gasteiger partial charge in [-0.1, -0.05) is 0 Å². The Balaban J connectivity index is 2.64. The van der Waals surface area contributed by atoms with Crippen LogP contribution in [-0.4, -0.2) is 23.4 Å². The van der Waals surface area contributed by atoms with Gasteiger partial charge in [-0.2, -0.15) is 11.8 Å². The zero-order valence-corrected chi connectivity index (χ0v) is 11.8. The largest absolute Gasteiger partial charge is 0.488 e. The summed E-state index contributed by atoms with van der Waals surface area (Å²) in [6.07, 6.45) is 2.61. The molecule has 0 saturated carbocycles. The minimum atomic E-state index is -0.204. The van der Waals surface area contributed by atoms with Crippen molar-refractivity contribution in [3.63, 3.8) is 0 Å². The molecule has 0 saturated heterocycles. The van der Waals surface area contributed by atoms with E-state index in [-0.39, 0.29) is 11.4 Å². The second-order valence-corrected chi connectivity index (χ2v) is 5.89. The van der Waals surface area contributed by atoms with Gasteiger partial charge in [0.1, 0.15) is 11.4 Å². The van der Waals surface area contributed by atoms with Gasteiger partial charge in [0.2, 0.25) is 0 Å². The fourth-order valence-electron chi connectivity index (χ4n) is 1.40. The number of benzene rings is 1. The van der Waals surface area contributed by atoms with Gasteiger partial charge in [-0.05, 0) is 51.3 Å². The Morgan fingerprint density at radius 1 is 1.24 bits per heavy atom. The molecule has 0 heterocycles. The van der Waals surface area contributed by atoms with E-state index in [1.807, 2.05) is 51.3 Å². The van der Waals surface area contributed by atoms with Crippen molar-refractivity contribution in [3.8, 4) is 5.75 Å². The molecule has 3 heteroatoms. The van der Waals surface area contributed by atoms with Crippen LogP contribution in [0.4, 0.5) is 0 Å². The lowest BCUT2D eigenvalue weighted by Crippen LogP contribution is -2.22. The molecular weight excluding hydrogens is 232 g/mol. The third-order valence-corrected chi connectivity index (χ3v) is 2.75. The van der Waals surface area contributed by atoms with Crippen molar-refractivity contribution in [1.82, 2.24) is 0 Å². The molecule has 0 bridgehead atoms. The van der Waals surface area contributed by atoms with Crippen LogP contribution in [-0.2, 0) is 0 Å². The summed E-state index contributed by atoms with van der Waals surface area (Å²) in [5.41, 5.74) is 0.560. The molecule has 1 rings (SSSR count). The predicted octanol–water partition coefficient (Wildman–Crippen LogP) is 3.80. The van der Waals surface area contributed by atoms with E-state index in [4.69, 9.17) is 4.74 Å². The van der Waals surface area contributed by atoms with Gasteiger partial charge in [-0.15, -0.1) is 0 Å². The number of hydrogen-bond acceptors (Lipinski definition) is 3. The van der Waals surface area contributed by atoms with Gasteiger partial charge in [0, 0.05) is 17.7 Å². The Labute approximate surface area is 108 Å². The van der Waals surface area contributed by atoms with Crippen molar-refractivity contribution >= 4 is 17.5 Å². The Hall–Kier alpha value is -0.960. The third-order valence-electron chi connectivity index (χ3n) is 2.13. The van der Waals surface area contributed by atoms with Crippen LogP contribution in [0.5, 0.6) is 5.75 Å². The van der Waals surface area contributed by atoms with Crippen LogP contribution in [0, 0.1) is 0 Å². The topological polar surface area (TPSA) is 26.3 Å². The van der Waals surface area contributed by atoms with Crippen molar-refractivity contribution in [2.75, 3.05) is 12.0 Å². The molecule has 0 unspecified atom stereocenters. The van der Waals surface area contributed by atoms with Crippen molar-refractivity contribution < 1.29 is 9.53 Å². The zero-order chi connectivity index (χ0) is 12.9. The van der Waals surface area contributed by atoms with Gasteiger partial charge in [0.25, 0.3) is 0 Å². The average Bonchev–Trinajstić information content (AvgIpc) is 2.24. The van der Waals surface area contributed by atoms with Crippen molar-refractivity contribution in [2.24, 2.45) is 0 Å². The summed E-state index contributed by atoms with van der Waals surface area (Å²) in [7, 11) is 0. The second-order valence-electron chi connectivity index (χ2n) is 4.90. The molecule has 0 spiro atoms. The minimum absolute atomic E-state index is 0.196. The van der Waals surface area contributed by atoms with E-state index in [2.05, 4.69) is 0 Å². The fourth-order valence-corrected chi connectivity index (χ4v) is 1.79. The molecule has 0 aromatic heterocycles. The van der Waals surface area contributed by atoms with Crippen LogP contribution in [0.15, 0.2) is 24.3 Å². The van der Waals surface area contributed by atoms with Crippen LogP contribution < -0.4 is 4.74 Å². The smallest absolute Gasteiger partial charge is 0.163 e. The Morgan fingerprint density at radius 2 is 1.82 bits per heavy atom. The zero-order valence-electron chi connectivity index (χ0n) is 10.9. The van der Waals surface area contributed by atoms with Crippen molar-refractivity contribution in [2.45, 2.75) is 32.8 Å². The monoisotopic (exact) mass is 252 g/mol. The normalized spacial score (nSPS) is 11.3. The first kappa shape index (κ1) is 14.1. The number of carbonyl (C=O) groups excluding carboxylic acids is 1. The number of carbonyl (C=O) groups is 1. The van der Waals surface area contributed by atoms with Crippen LogP contribution in [0.25, 0.3) is 0 Å². The first-order valence-corrected chi connectivity index (χ1v) is 7.13. The molecule has 0 N–H and O–H groups in total. The lowest BCUT2D eigenvalue weighted by Gasteiger charge is -2.21. The number of thioether (sulfide) groups is 1. The number of hydrogen-bond donors (Lipinski definition) is 0. The van der Waals surface area contributed by atoms with Crippen LogP contribution in [0.3, 0.4) is 0 Å². The average molecular weight is 252 g/mol. The summed E-state index contributed by atoms with van der Waals surface area (Å²) in [5, 5.41) is 0. The predicted molar refractivity (Wildman–Crippen MR) is 74.2 cm³/mol. The van der Waals surface area contributed by atoms with E-state index in [9.17, 15) is 4.79 Å². The van der Waals surface area contributed by atoms with E-state index >= 15 is 0 Å². The van der Waals surface area contributed by atoms with Crippen molar-refractivity contribution in [3.05, 3.63) is 29.8 Å². The number of ether oxygens (including phenoxy) is 1. The highest BCUT2D eigenvalue weighted by atomic mass is 32.2. The molecule has 0 aliphatic rings. The molecule has 94 valence electrons. The molecule has 0 atom stereocenters. The van der Waals surface area contributed by atoms with Gasteiger partial charge in [-0.25, -0.2) is 0 Å².